The standard InChI is InChI=1S/C10H12BrNO3S/c1-6(2)16(14)9-7(11)4-5-8(12-9)10(13)15-3/h4-6H,1-3H3/t16-/m1/s1. The lowest BCUT2D eigenvalue weighted by molar-refractivity contribution is 0.0593. The number of hydrogen-bond acceptors (Lipinski definition) is 4. The Labute approximate surface area is 105 Å². The van der Waals surface area contributed by atoms with E-state index in [1.165, 1.54) is 13.2 Å². The second-order valence-corrected chi connectivity index (χ2v) is 6.10. The van der Waals surface area contributed by atoms with Crippen molar-refractivity contribution in [1.82, 2.24) is 4.98 Å². The molecule has 0 unspecified atom stereocenters. The summed E-state index contributed by atoms with van der Waals surface area (Å²) in [6, 6.07) is 3.17. The monoisotopic (exact) mass is 305 g/mol. The first kappa shape index (κ1) is 13.3. The molecule has 0 aliphatic carbocycles. The van der Waals surface area contributed by atoms with Gasteiger partial charge in [-0.05, 0) is 28.1 Å². The van der Waals surface area contributed by atoms with Gasteiger partial charge in [0.15, 0.2) is 0 Å². The normalized spacial score (nSPS) is 12.6. The van der Waals surface area contributed by atoms with Crippen LogP contribution >= 0.6 is 15.9 Å². The molecular formula is C10H12BrNO3S. The SMILES string of the molecule is COC(=O)c1ccc(Br)c([S@](=O)C(C)C)n1. The Morgan fingerprint density at radius 1 is 1.50 bits per heavy atom. The van der Waals surface area contributed by atoms with Crippen LogP contribution in [-0.4, -0.2) is 27.5 Å². The molecule has 0 saturated heterocycles. The Balaban J connectivity index is 3.18. The predicted molar refractivity (Wildman–Crippen MR) is 64.8 cm³/mol. The van der Waals surface area contributed by atoms with Gasteiger partial charge in [-0.3, -0.25) is 4.21 Å². The summed E-state index contributed by atoms with van der Waals surface area (Å²) in [7, 11) is 0.0416. The maximum atomic E-state index is 11.9. The highest BCUT2D eigenvalue weighted by atomic mass is 79.9. The second-order valence-electron chi connectivity index (χ2n) is 3.32. The molecule has 6 heteroatoms. The summed E-state index contributed by atoms with van der Waals surface area (Å²) in [6.07, 6.45) is 0. The van der Waals surface area contributed by atoms with E-state index in [0.29, 0.717) is 9.50 Å². The molecule has 0 aliphatic heterocycles. The van der Waals surface area contributed by atoms with Gasteiger partial charge in [-0.1, -0.05) is 13.8 Å². The average molecular weight is 306 g/mol. The molecule has 16 heavy (non-hydrogen) atoms. The number of ether oxygens (including phenoxy) is 1. The number of rotatable bonds is 3. The van der Waals surface area contributed by atoms with Crippen LogP contribution in [0.5, 0.6) is 0 Å². The smallest absolute Gasteiger partial charge is 0.356 e. The lowest BCUT2D eigenvalue weighted by atomic mass is 10.3. The molecule has 0 spiro atoms. The zero-order chi connectivity index (χ0) is 12.3. The van der Waals surface area contributed by atoms with Gasteiger partial charge in [0.05, 0.1) is 22.4 Å². The Morgan fingerprint density at radius 3 is 2.62 bits per heavy atom. The van der Waals surface area contributed by atoms with E-state index >= 15 is 0 Å². The van der Waals surface area contributed by atoms with Crippen LogP contribution in [0.2, 0.25) is 0 Å². The van der Waals surface area contributed by atoms with Crippen LogP contribution in [0.4, 0.5) is 0 Å². The topological polar surface area (TPSA) is 56.3 Å². The number of aromatic nitrogens is 1. The number of esters is 1. The van der Waals surface area contributed by atoms with Gasteiger partial charge in [0.2, 0.25) is 0 Å². The number of methoxy groups -OCH3 is 1. The lowest BCUT2D eigenvalue weighted by Crippen LogP contribution is -2.12. The first-order valence-electron chi connectivity index (χ1n) is 4.62. The van der Waals surface area contributed by atoms with Gasteiger partial charge in [0.25, 0.3) is 0 Å². The average Bonchev–Trinajstić information content (AvgIpc) is 2.27. The highest BCUT2D eigenvalue weighted by molar-refractivity contribution is 9.10. The number of pyridine rings is 1. The third-order valence-corrected chi connectivity index (χ3v) is 4.28. The molecule has 0 bridgehead atoms. The zero-order valence-electron chi connectivity index (χ0n) is 9.19. The van der Waals surface area contributed by atoms with E-state index in [2.05, 4.69) is 25.7 Å². The highest BCUT2D eigenvalue weighted by Crippen LogP contribution is 2.21. The molecule has 4 nitrogen and oxygen atoms in total. The third kappa shape index (κ3) is 2.89. The van der Waals surface area contributed by atoms with Crippen molar-refractivity contribution in [2.75, 3.05) is 7.11 Å². The predicted octanol–water partition coefficient (Wildman–Crippen LogP) is 2.15. The fourth-order valence-corrected chi connectivity index (χ4v) is 2.60. The second kappa shape index (κ2) is 5.54. The van der Waals surface area contributed by atoms with Gasteiger partial charge in [0, 0.05) is 5.25 Å². The van der Waals surface area contributed by atoms with Gasteiger partial charge >= 0.3 is 5.97 Å². The van der Waals surface area contributed by atoms with Crippen LogP contribution < -0.4 is 0 Å². The molecule has 1 aromatic rings. The van der Waals surface area contributed by atoms with Crippen LogP contribution in [0.15, 0.2) is 21.6 Å². The lowest BCUT2D eigenvalue weighted by Gasteiger charge is -2.08. The fraction of sp³-hybridized carbons (Fsp3) is 0.400. The van der Waals surface area contributed by atoms with Gasteiger partial charge in [0.1, 0.15) is 10.7 Å². The number of halogens is 1. The third-order valence-electron chi connectivity index (χ3n) is 1.83. The summed E-state index contributed by atoms with van der Waals surface area (Å²) in [4.78, 5) is 15.3. The summed E-state index contributed by atoms with van der Waals surface area (Å²) in [5.41, 5.74) is 0.162. The van der Waals surface area contributed by atoms with Gasteiger partial charge in [-0.2, -0.15) is 0 Å². The summed E-state index contributed by atoms with van der Waals surface area (Å²) < 4.78 is 17.1. The van der Waals surface area contributed by atoms with Crippen LogP contribution in [-0.2, 0) is 15.5 Å². The molecule has 88 valence electrons. The van der Waals surface area contributed by atoms with Crippen molar-refractivity contribution in [3.05, 3.63) is 22.3 Å². The summed E-state index contributed by atoms with van der Waals surface area (Å²) in [5, 5.41) is 0.314. The quantitative estimate of drug-likeness (QED) is 0.803. The first-order chi connectivity index (χ1) is 7.47. The minimum atomic E-state index is -1.24. The molecule has 0 aliphatic rings. The largest absolute Gasteiger partial charge is 0.464 e. The van der Waals surface area contributed by atoms with Crippen LogP contribution in [0, 0.1) is 0 Å². The molecule has 1 rings (SSSR count). The highest BCUT2D eigenvalue weighted by Gasteiger charge is 2.17. The Morgan fingerprint density at radius 2 is 2.12 bits per heavy atom. The van der Waals surface area contributed by atoms with E-state index in [0.717, 1.165) is 0 Å². The van der Waals surface area contributed by atoms with Crippen LogP contribution in [0.25, 0.3) is 0 Å². The van der Waals surface area contributed by atoms with Crippen molar-refractivity contribution in [3.8, 4) is 0 Å². The zero-order valence-corrected chi connectivity index (χ0v) is 11.6. The Bertz CT molecular complexity index is 434. The van der Waals surface area contributed by atoms with Crippen LogP contribution in [0.1, 0.15) is 24.3 Å². The summed E-state index contributed by atoms with van der Waals surface area (Å²) in [5.74, 6) is -0.533. The number of carbonyl (C=O) groups excluding carboxylic acids is 1. The van der Waals surface area contributed by atoms with E-state index in [9.17, 15) is 9.00 Å². The Kier molecular flexibility index (Phi) is 4.61. The molecule has 0 amide bonds. The molecule has 0 radical (unpaired) electrons. The molecular weight excluding hydrogens is 294 g/mol. The van der Waals surface area contributed by atoms with E-state index in [4.69, 9.17) is 0 Å². The van der Waals surface area contributed by atoms with Crippen molar-refractivity contribution < 1.29 is 13.7 Å². The van der Waals surface area contributed by atoms with Gasteiger partial charge in [-0.25, -0.2) is 9.78 Å². The summed E-state index contributed by atoms with van der Waals surface area (Å²) in [6.45, 7) is 3.66. The number of hydrogen-bond donors (Lipinski definition) is 0. The molecule has 0 aromatic carbocycles. The molecule has 0 N–H and O–H groups in total. The van der Waals surface area contributed by atoms with E-state index in [1.807, 2.05) is 13.8 Å². The van der Waals surface area contributed by atoms with Gasteiger partial charge in [-0.15, -0.1) is 0 Å². The Hall–Kier alpha value is -0.750. The minimum Gasteiger partial charge on any atom is -0.464 e. The maximum absolute atomic E-state index is 11.9. The van der Waals surface area contributed by atoms with Crippen LogP contribution in [0.3, 0.4) is 0 Å². The maximum Gasteiger partial charge on any atom is 0.356 e. The molecule has 1 aromatic heterocycles. The molecule has 0 saturated carbocycles. The fourth-order valence-electron chi connectivity index (χ4n) is 1.01. The molecule has 1 heterocycles. The molecule has 0 fully saturated rings. The van der Waals surface area contributed by atoms with E-state index < -0.39 is 16.8 Å². The van der Waals surface area contributed by atoms with E-state index in [1.54, 1.807) is 6.07 Å². The van der Waals surface area contributed by atoms with Crippen molar-refractivity contribution >= 4 is 32.7 Å². The first-order valence-corrected chi connectivity index (χ1v) is 6.63. The minimum absolute atomic E-state index is 0.0586. The van der Waals surface area contributed by atoms with E-state index in [-0.39, 0.29) is 10.9 Å². The van der Waals surface area contributed by atoms with Gasteiger partial charge < -0.3 is 4.74 Å². The van der Waals surface area contributed by atoms with Crippen molar-refractivity contribution in [3.63, 3.8) is 0 Å². The number of carbonyl (C=O) groups is 1. The van der Waals surface area contributed by atoms with Crippen molar-refractivity contribution in [1.29, 1.82) is 0 Å². The summed E-state index contributed by atoms with van der Waals surface area (Å²) >= 11 is 3.26. The van der Waals surface area contributed by atoms with Crippen molar-refractivity contribution in [2.45, 2.75) is 24.1 Å². The van der Waals surface area contributed by atoms with Crippen molar-refractivity contribution in [2.24, 2.45) is 0 Å². The molecule has 1 atom stereocenters. The number of nitrogens with zero attached hydrogens (tertiary/aromatic N) is 1.